The van der Waals surface area contributed by atoms with Crippen LogP contribution in [-0.4, -0.2) is 19.1 Å². The van der Waals surface area contributed by atoms with E-state index in [1.165, 1.54) is 36.9 Å². The molecule has 0 saturated heterocycles. The van der Waals surface area contributed by atoms with Crippen LogP contribution < -0.4 is 10.2 Å². The molecule has 0 atom stereocenters. The predicted octanol–water partition coefficient (Wildman–Crippen LogP) is 4.22. The zero-order valence-corrected chi connectivity index (χ0v) is 12.8. The number of nitrogens with one attached hydrogen (secondary N) is 1. The summed E-state index contributed by atoms with van der Waals surface area (Å²) in [6.45, 7) is 7.57. The largest absolute Gasteiger partial charge is 0.372 e. The van der Waals surface area contributed by atoms with E-state index < -0.39 is 0 Å². The molecular weight excluding hydrogens is 256 g/mol. The molecular formula is C16H25ClN2. The first kappa shape index (κ1) is 14.7. The Morgan fingerprint density at radius 3 is 2.74 bits per heavy atom. The molecule has 2 rings (SSSR count). The summed E-state index contributed by atoms with van der Waals surface area (Å²) in [7, 11) is 0. The molecule has 1 aromatic carbocycles. The van der Waals surface area contributed by atoms with Crippen LogP contribution in [-0.2, 0) is 6.54 Å². The smallest absolute Gasteiger partial charge is 0.0426 e. The lowest BCUT2D eigenvalue weighted by molar-refractivity contribution is 0.678. The maximum atomic E-state index is 6.18. The molecule has 1 saturated carbocycles. The van der Waals surface area contributed by atoms with Gasteiger partial charge in [0.2, 0.25) is 0 Å². The topological polar surface area (TPSA) is 15.3 Å². The quantitative estimate of drug-likeness (QED) is 0.767. The van der Waals surface area contributed by atoms with Crippen molar-refractivity contribution in [2.45, 2.75) is 52.1 Å². The number of rotatable bonds is 8. The highest BCUT2D eigenvalue weighted by molar-refractivity contribution is 6.30. The molecule has 1 aliphatic rings. The first-order valence-electron chi connectivity index (χ1n) is 7.51. The van der Waals surface area contributed by atoms with Gasteiger partial charge in [-0.05, 0) is 43.9 Å². The molecule has 0 unspecified atom stereocenters. The van der Waals surface area contributed by atoms with Crippen molar-refractivity contribution in [2.24, 2.45) is 0 Å². The van der Waals surface area contributed by atoms with E-state index in [2.05, 4.69) is 36.2 Å². The zero-order valence-electron chi connectivity index (χ0n) is 12.1. The van der Waals surface area contributed by atoms with Gasteiger partial charge in [0.05, 0.1) is 0 Å². The Balaban J connectivity index is 2.10. The van der Waals surface area contributed by atoms with Crippen LogP contribution in [0.3, 0.4) is 0 Å². The van der Waals surface area contributed by atoms with Gasteiger partial charge in [-0.15, -0.1) is 0 Å². The number of hydrogen-bond donors (Lipinski definition) is 1. The van der Waals surface area contributed by atoms with Gasteiger partial charge in [-0.25, -0.2) is 0 Å². The number of benzene rings is 1. The molecule has 0 aromatic heterocycles. The molecule has 1 N–H and O–H groups in total. The fraction of sp³-hybridized carbons (Fsp3) is 0.625. The molecule has 2 nitrogen and oxygen atoms in total. The number of unbranched alkanes of at least 4 members (excludes halogenated alkanes) is 1. The van der Waals surface area contributed by atoms with Crippen LogP contribution >= 0.6 is 11.6 Å². The van der Waals surface area contributed by atoms with E-state index >= 15 is 0 Å². The van der Waals surface area contributed by atoms with E-state index in [-0.39, 0.29) is 0 Å². The lowest BCUT2D eigenvalue weighted by atomic mass is 10.1. The number of hydrogen-bond acceptors (Lipinski definition) is 2. The minimum absolute atomic E-state index is 0.745. The molecule has 19 heavy (non-hydrogen) atoms. The fourth-order valence-corrected chi connectivity index (χ4v) is 2.49. The van der Waals surface area contributed by atoms with Gasteiger partial charge in [0.15, 0.2) is 0 Å². The number of nitrogens with zero attached hydrogens (tertiary/aromatic N) is 1. The maximum Gasteiger partial charge on any atom is 0.0426 e. The Morgan fingerprint density at radius 1 is 1.32 bits per heavy atom. The average molecular weight is 281 g/mol. The van der Waals surface area contributed by atoms with E-state index in [0.29, 0.717) is 0 Å². The summed E-state index contributed by atoms with van der Waals surface area (Å²) in [4.78, 5) is 2.44. The molecule has 1 fully saturated rings. The van der Waals surface area contributed by atoms with Crippen LogP contribution in [0.15, 0.2) is 18.2 Å². The third kappa shape index (κ3) is 4.39. The van der Waals surface area contributed by atoms with E-state index in [4.69, 9.17) is 11.6 Å². The summed E-state index contributed by atoms with van der Waals surface area (Å²) in [5.41, 5.74) is 2.67. The van der Waals surface area contributed by atoms with E-state index in [0.717, 1.165) is 30.7 Å². The van der Waals surface area contributed by atoms with Crippen molar-refractivity contribution >= 4 is 17.3 Å². The van der Waals surface area contributed by atoms with Crippen molar-refractivity contribution < 1.29 is 0 Å². The lowest BCUT2D eigenvalue weighted by Crippen LogP contribution is -2.26. The summed E-state index contributed by atoms with van der Waals surface area (Å²) in [6, 6.07) is 7.03. The third-order valence-corrected chi connectivity index (χ3v) is 3.94. The second-order valence-electron chi connectivity index (χ2n) is 5.36. The van der Waals surface area contributed by atoms with Crippen molar-refractivity contribution in [1.82, 2.24) is 5.32 Å². The van der Waals surface area contributed by atoms with Crippen molar-refractivity contribution in [3.63, 3.8) is 0 Å². The average Bonchev–Trinajstić information content (AvgIpc) is 3.23. The van der Waals surface area contributed by atoms with Crippen molar-refractivity contribution in [2.75, 3.05) is 18.0 Å². The predicted molar refractivity (Wildman–Crippen MR) is 84.1 cm³/mol. The normalized spacial score (nSPS) is 14.7. The van der Waals surface area contributed by atoms with Crippen LogP contribution in [0.4, 0.5) is 5.69 Å². The van der Waals surface area contributed by atoms with Crippen molar-refractivity contribution in [1.29, 1.82) is 0 Å². The Morgan fingerprint density at radius 2 is 2.11 bits per heavy atom. The van der Waals surface area contributed by atoms with Gasteiger partial charge in [-0.2, -0.15) is 0 Å². The van der Waals surface area contributed by atoms with Crippen molar-refractivity contribution in [3.8, 4) is 0 Å². The molecule has 1 aliphatic carbocycles. The fourth-order valence-electron chi connectivity index (χ4n) is 2.32. The second kappa shape index (κ2) is 7.16. The van der Waals surface area contributed by atoms with E-state index in [9.17, 15) is 0 Å². The third-order valence-electron chi connectivity index (χ3n) is 3.71. The minimum atomic E-state index is 0.745. The summed E-state index contributed by atoms with van der Waals surface area (Å²) in [6.07, 6.45) is 5.12. The number of halogens is 1. The highest BCUT2D eigenvalue weighted by Crippen LogP contribution is 2.27. The molecule has 0 aliphatic heterocycles. The monoisotopic (exact) mass is 280 g/mol. The van der Waals surface area contributed by atoms with Crippen molar-refractivity contribution in [3.05, 3.63) is 28.8 Å². The standard InChI is InChI=1S/C16H25ClN2/c1-3-5-10-19(4-2)16-11-14(17)7-6-13(16)12-18-15-8-9-15/h6-7,11,15,18H,3-5,8-10,12H2,1-2H3. The molecule has 1 aromatic rings. The zero-order chi connectivity index (χ0) is 13.7. The van der Waals surface area contributed by atoms with Crippen LogP contribution in [0.25, 0.3) is 0 Å². The summed E-state index contributed by atoms with van der Waals surface area (Å²) >= 11 is 6.18. The summed E-state index contributed by atoms with van der Waals surface area (Å²) in [5, 5.41) is 4.43. The van der Waals surface area contributed by atoms with Gasteiger partial charge >= 0.3 is 0 Å². The molecule has 0 heterocycles. The maximum absolute atomic E-state index is 6.18. The minimum Gasteiger partial charge on any atom is -0.372 e. The Labute approximate surface area is 122 Å². The van der Waals surface area contributed by atoms with Crippen LogP contribution in [0.5, 0.6) is 0 Å². The van der Waals surface area contributed by atoms with Crippen LogP contribution in [0, 0.1) is 0 Å². The second-order valence-corrected chi connectivity index (χ2v) is 5.80. The van der Waals surface area contributed by atoms with E-state index in [1.807, 2.05) is 6.07 Å². The SMILES string of the molecule is CCCCN(CC)c1cc(Cl)ccc1CNC1CC1. The first-order chi connectivity index (χ1) is 9.24. The van der Waals surface area contributed by atoms with Gasteiger partial charge in [-0.3, -0.25) is 0 Å². The Hall–Kier alpha value is -0.730. The van der Waals surface area contributed by atoms with Gasteiger partial charge in [-0.1, -0.05) is 31.0 Å². The molecule has 106 valence electrons. The molecule has 0 radical (unpaired) electrons. The highest BCUT2D eigenvalue weighted by Gasteiger charge is 2.21. The van der Waals surface area contributed by atoms with Crippen LogP contribution in [0.2, 0.25) is 5.02 Å². The number of anilines is 1. The Kier molecular flexibility index (Phi) is 5.53. The Bertz CT molecular complexity index is 402. The van der Waals surface area contributed by atoms with Gasteiger partial charge in [0.25, 0.3) is 0 Å². The van der Waals surface area contributed by atoms with Gasteiger partial charge in [0.1, 0.15) is 0 Å². The van der Waals surface area contributed by atoms with Crippen LogP contribution in [0.1, 0.15) is 45.1 Å². The highest BCUT2D eigenvalue weighted by atomic mass is 35.5. The molecule has 0 spiro atoms. The summed E-state index contributed by atoms with van der Waals surface area (Å²) < 4.78 is 0. The first-order valence-corrected chi connectivity index (χ1v) is 7.89. The van der Waals surface area contributed by atoms with E-state index in [1.54, 1.807) is 0 Å². The lowest BCUT2D eigenvalue weighted by Gasteiger charge is -2.26. The molecule has 0 bridgehead atoms. The summed E-state index contributed by atoms with van der Waals surface area (Å²) in [5.74, 6) is 0. The van der Waals surface area contributed by atoms with Gasteiger partial charge < -0.3 is 10.2 Å². The van der Waals surface area contributed by atoms with Gasteiger partial charge in [0, 0.05) is 36.4 Å². The molecule has 3 heteroatoms. The molecule has 0 amide bonds.